The lowest BCUT2D eigenvalue weighted by molar-refractivity contribution is -0.137. The first kappa shape index (κ1) is 21.9. The van der Waals surface area contributed by atoms with E-state index in [1.807, 2.05) is 0 Å². The van der Waals surface area contributed by atoms with E-state index in [9.17, 15) is 26.4 Å². The van der Waals surface area contributed by atoms with Crippen LogP contribution >= 0.6 is 0 Å². The van der Waals surface area contributed by atoms with Crippen molar-refractivity contribution in [3.05, 3.63) is 89.5 Å². The minimum Gasteiger partial charge on any atom is -0.322 e. The Bertz CT molecular complexity index is 1260. The molecule has 0 bridgehead atoms. The Hall–Kier alpha value is -3.33. The molecule has 0 aromatic heterocycles. The average Bonchev–Trinajstić information content (AvgIpc) is 2.78. The van der Waals surface area contributed by atoms with Crippen LogP contribution in [0.3, 0.4) is 0 Å². The van der Waals surface area contributed by atoms with E-state index in [0.717, 1.165) is 12.1 Å². The van der Waals surface area contributed by atoms with E-state index in [-0.39, 0.29) is 16.1 Å². The van der Waals surface area contributed by atoms with Gasteiger partial charge in [-0.3, -0.25) is 9.10 Å². The SMILES string of the molecule is O=C(Nc1cccc(C(F)(F)F)c1)c1ccc2c(c1)CCCN2S(=O)(=O)c1ccccc1. The zero-order valence-electron chi connectivity index (χ0n) is 16.8. The number of nitrogens with zero attached hydrogens (tertiary/aromatic N) is 1. The fourth-order valence-corrected chi connectivity index (χ4v) is 5.21. The molecule has 0 atom stereocenters. The van der Waals surface area contributed by atoms with Crippen LogP contribution in [0.25, 0.3) is 0 Å². The van der Waals surface area contributed by atoms with Crippen molar-refractivity contribution >= 4 is 27.3 Å². The molecule has 0 saturated heterocycles. The number of rotatable bonds is 4. The predicted octanol–water partition coefficient (Wildman–Crippen LogP) is 5.10. The van der Waals surface area contributed by atoms with Gasteiger partial charge in [0.25, 0.3) is 15.9 Å². The van der Waals surface area contributed by atoms with Gasteiger partial charge in [0.15, 0.2) is 0 Å². The summed E-state index contributed by atoms with van der Waals surface area (Å²) in [6.07, 6.45) is -3.35. The number of halogens is 3. The lowest BCUT2D eigenvalue weighted by Crippen LogP contribution is -2.35. The summed E-state index contributed by atoms with van der Waals surface area (Å²) >= 11 is 0. The highest BCUT2D eigenvalue weighted by atomic mass is 32.2. The van der Waals surface area contributed by atoms with Crippen molar-refractivity contribution in [2.45, 2.75) is 23.9 Å². The molecule has 166 valence electrons. The molecular weight excluding hydrogens is 441 g/mol. The number of fused-ring (bicyclic) bond motifs is 1. The molecule has 0 saturated carbocycles. The first-order valence-corrected chi connectivity index (χ1v) is 11.3. The van der Waals surface area contributed by atoms with Gasteiger partial charge in [0.1, 0.15) is 0 Å². The summed E-state index contributed by atoms with van der Waals surface area (Å²) in [7, 11) is -3.75. The third kappa shape index (κ3) is 4.34. The van der Waals surface area contributed by atoms with E-state index >= 15 is 0 Å². The Morgan fingerprint density at radius 3 is 2.41 bits per heavy atom. The summed E-state index contributed by atoms with van der Waals surface area (Å²) in [6, 6.07) is 17.1. The first-order valence-electron chi connectivity index (χ1n) is 9.85. The van der Waals surface area contributed by atoms with Crippen molar-refractivity contribution in [1.29, 1.82) is 0 Å². The van der Waals surface area contributed by atoms with Crippen molar-refractivity contribution in [3.8, 4) is 0 Å². The van der Waals surface area contributed by atoms with Crippen molar-refractivity contribution in [2.75, 3.05) is 16.2 Å². The van der Waals surface area contributed by atoms with Crippen molar-refractivity contribution in [2.24, 2.45) is 0 Å². The fourth-order valence-electron chi connectivity index (χ4n) is 3.65. The number of sulfonamides is 1. The van der Waals surface area contributed by atoms with Crippen molar-refractivity contribution in [3.63, 3.8) is 0 Å². The van der Waals surface area contributed by atoms with Crippen molar-refractivity contribution < 1.29 is 26.4 Å². The smallest absolute Gasteiger partial charge is 0.322 e. The number of alkyl halides is 3. The van der Waals surface area contributed by atoms with Gasteiger partial charge in [0.2, 0.25) is 0 Å². The van der Waals surface area contributed by atoms with E-state index in [1.54, 1.807) is 30.3 Å². The van der Waals surface area contributed by atoms with Crippen LogP contribution in [0, 0.1) is 0 Å². The van der Waals surface area contributed by atoms with Gasteiger partial charge >= 0.3 is 6.18 Å². The fraction of sp³-hybridized carbons (Fsp3) is 0.174. The van der Waals surface area contributed by atoms with Crippen LogP contribution in [-0.4, -0.2) is 20.9 Å². The molecule has 1 N–H and O–H groups in total. The highest BCUT2D eigenvalue weighted by Crippen LogP contribution is 2.33. The highest BCUT2D eigenvalue weighted by molar-refractivity contribution is 7.92. The molecule has 1 heterocycles. The van der Waals surface area contributed by atoms with E-state index in [4.69, 9.17) is 0 Å². The van der Waals surface area contributed by atoms with Crippen LogP contribution in [0.1, 0.15) is 27.9 Å². The second kappa shape index (κ2) is 8.31. The van der Waals surface area contributed by atoms with Gasteiger partial charge < -0.3 is 5.32 Å². The number of carbonyl (C=O) groups excluding carboxylic acids is 1. The molecule has 0 spiro atoms. The van der Waals surface area contributed by atoms with Crippen LogP contribution < -0.4 is 9.62 Å². The van der Waals surface area contributed by atoms with Crippen molar-refractivity contribution in [1.82, 2.24) is 0 Å². The van der Waals surface area contributed by atoms with Crippen LogP contribution in [0.2, 0.25) is 0 Å². The van der Waals surface area contributed by atoms with Gasteiger partial charge in [-0.05, 0) is 66.9 Å². The molecule has 3 aromatic rings. The molecule has 9 heteroatoms. The molecule has 1 amide bonds. The van der Waals surface area contributed by atoms with E-state index in [0.29, 0.717) is 30.6 Å². The lowest BCUT2D eigenvalue weighted by Gasteiger charge is -2.30. The molecule has 32 heavy (non-hydrogen) atoms. The third-order valence-electron chi connectivity index (χ3n) is 5.20. The quantitative estimate of drug-likeness (QED) is 0.589. The molecular formula is C23H19F3N2O3S. The number of anilines is 2. The molecule has 0 aliphatic carbocycles. The van der Waals surface area contributed by atoms with Crippen LogP contribution in [-0.2, 0) is 22.6 Å². The standard InChI is InChI=1S/C23H19F3N2O3S/c24-23(25,26)18-7-4-8-19(15-18)27-22(29)17-11-12-21-16(14-17)6-5-13-28(21)32(30,31)20-9-2-1-3-10-20/h1-4,7-12,14-15H,5-6,13H2,(H,27,29). The molecule has 0 radical (unpaired) electrons. The summed E-state index contributed by atoms with van der Waals surface area (Å²) in [5.74, 6) is -0.574. The van der Waals surface area contributed by atoms with E-state index in [2.05, 4.69) is 5.32 Å². The predicted molar refractivity (Wildman–Crippen MR) is 115 cm³/mol. The summed E-state index contributed by atoms with van der Waals surface area (Å²) in [5.41, 5.74) is 0.585. The van der Waals surface area contributed by atoms with Crippen LogP contribution in [0.15, 0.2) is 77.7 Å². The second-order valence-electron chi connectivity index (χ2n) is 7.37. The van der Waals surface area contributed by atoms with Crippen LogP contribution in [0.5, 0.6) is 0 Å². The van der Waals surface area contributed by atoms with E-state index < -0.39 is 27.7 Å². The minimum absolute atomic E-state index is 0.0239. The molecule has 1 aliphatic rings. The number of aryl methyl sites for hydroxylation is 1. The lowest BCUT2D eigenvalue weighted by atomic mass is 10.0. The Kier molecular flexibility index (Phi) is 5.68. The molecule has 1 aliphatic heterocycles. The maximum atomic E-state index is 13.1. The summed E-state index contributed by atoms with van der Waals surface area (Å²) in [6.45, 7) is 0.319. The van der Waals surface area contributed by atoms with Crippen LogP contribution in [0.4, 0.5) is 24.5 Å². The third-order valence-corrected chi connectivity index (χ3v) is 7.02. The largest absolute Gasteiger partial charge is 0.416 e. The minimum atomic E-state index is -4.51. The van der Waals surface area contributed by atoms with E-state index in [1.165, 1.54) is 34.6 Å². The number of nitrogens with one attached hydrogen (secondary N) is 1. The number of hydrogen-bond donors (Lipinski definition) is 1. The van der Waals surface area contributed by atoms with Gasteiger partial charge in [-0.15, -0.1) is 0 Å². The molecule has 0 unspecified atom stereocenters. The Balaban J connectivity index is 1.60. The topological polar surface area (TPSA) is 66.5 Å². The zero-order valence-corrected chi connectivity index (χ0v) is 17.6. The highest BCUT2D eigenvalue weighted by Gasteiger charge is 2.31. The second-order valence-corrected chi connectivity index (χ2v) is 9.23. The molecule has 5 nitrogen and oxygen atoms in total. The number of carbonyl (C=O) groups is 1. The number of amides is 1. The zero-order chi connectivity index (χ0) is 22.9. The molecule has 0 fully saturated rings. The summed E-state index contributed by atoms with van der Waals surface area (Å²) in [5, 5.41) is 2.47. The number of benzene rings is 3. The molecule has 3 aromatic carbocycles. The average molecular weight is 460 g/mol. The van der Waals surface area contributed by atoms with Gasteiger partial charge in [0, 0.05) is 17.8 Å². The molecule has 4 rings (SSSR count). The first-order chi connectivity index (χ1) is 15.2. The monoisotopic (exact) mass is 460 g/mol. The van der Waals surface area contributed by atoms with Gasteiger partial charge in [0.05, 0.1) is 16.1 Å². The maximum Gasteiger partial charge on any atom is 0.416 e. The Labute approximate surface area is 183 Å². The van der Waals surface area contributed by atoms with Gasteiger partial charge in [-0.2, -0.15) is 13.2 Å². The van der Waals surface area contributed by atoms with Gasteiger partial charge in [-0.25, -0.2) is 8.42 Å². The summed E-state index contributed by atoms with van der Waals surface area (Å²) in [4.78, 5) is 12.8. The normalized spacial score (nSPS) is 14.0. The maximum absolute atomic E-state index is 13.1. The Morgan fingerprint density at radius 2 is 1.69 bits per heavy atom. The van der Waals surface area contributed by atoms with Gasteiger partial charge in [-0.1, -0.05) is 24.3 Å². The summed E-state index contributed by atoms with van der Waals surface area (Å²) < 4.78 is 66.2. The number of hydrogen-bond acceptors (Lipinski definition) is 3. The Morgan fingerprint density at radius 1 is 0.938 bits per heavy atom.